The van der Waals surface area contributed by atoms with Gasteiger partial charge in [-0.1, -0.05) is 85.0 Å². The van der Waals surface area contributed by atoms with Crippen LogP contribution in [-0.2, 0) is 0 Å². The fourth-order valence-corrected chi connectivity index (χ4v) is 3.90. The summed E-state index contributed by atoms with van der Waals surface area (Å²) in [6.07, 6.45) is 19.0. The van der Waals surface area contributed by atoms with E-state index in [0.29, 0.717) is 5.41 Å². The Labute approximate surface area is 134 Å². The van der Waals surface area contributed by atoms with Gasteiger partial charge < -0.3 is 5.32 Å². The molecule has 126 valence electrons. The Kier molecular flexibility index (Phi) is 10.4. The number of rotatable bonds is 13. The van der Waals surface area contributed by atoms with Crippen LogP contribution in [0, 0.1) is 11.3 Å². The molecule has 1 aliphatic carbocycles. The average molecular weight is 296 g/mol. The van der Waals surface area contributed by atoms with Crippen LogP contribution in [0.3, 0.4) is 0 Å². The third-order valence-corrected chi connectivity index (χ3v) is 5.28. The fraction of sp³-hybridized carbons (Fsp3) is 1.00. The van der Waals surface area contributed by atoms with Crippen molar-refractivity contribution in [2.24, 2.45) is 11.3 Å². The van der Waals surface area contributed by atoms with Gasteiger partial charge in [0, 0.05) is 6.54 Å². The summed E-state index contributed by atoms with van der Waals surface area (Å²) in [5.74, 6) is 0.784. The molecule has 0 aromatic carbocycles. The largest absolute Gasteiger partial charge is 0.316 e. The van der Waals surface area contributed by atoms with Crippen molar-refractivity contribution in [2.45, 2.75) is 104 Å². The molecule has 0 radical (unpaired) electrons. The molecule has 0 aromatic rings. The maximum atomic E-state index is 3.74. The molecule has 1 saturated carbocycles. The van der Waals surface area contributed by atoms with E-state index < -0.39 is 0 Å². The van der Waals surface area contributed by atoms with E-state index >= 15 is 0 Å². The summed E-state index contributed by atoms with van der Waals surface area (Å²) >= 11 is 0. The van der Waals surface area contributed by atoms with Crippen molar-refractivity contribution < 1.29 is 0 Å². The molecule has 1 aliphatic rings. The quantitative estimate of drug-likeness (QED) is 0.392. The zero-order valence-electron chi connectivity index (χ0n) is 15.2. The summed E-state index contributed by atoms with van der Waals surface area (Å²) in [6.45, 7) is 9.40. The molecule has 0 aliphatic heterocycles. The molecule has 21 heavy (non-hydrogen) atoms. The lowest BCUT2D eigenvalue weighted by Gasteiger charge is -2.30. The molecule has 0 heterocycles. The second-order valence-corrected chi connectivity index (χ2v) is 7.96. The van der Waals surface area contributed by atoms with Crippen LogP contribution in [0.15, 0.2) is 0 Å². The standard InChI is InChI=1S/C20H41N/c1-4-5-6-7-8-9-10-11-14-20(15-12-13-16-20)18-21-17-19(2)3/h19,21H,4-18H2,1-3H3. The van der Waals surface area contributed by atoms with Crippen molar-refractivity contribution in [3.05, 3.63) is 0 Å². The van der Waals surface area contributed by atoms with Gasteiger partial charge in [-0.15, -0.1) is 0 Å². The zero-order chi connectivity index (χ0) is 15.4. The van der Waals surface area contributed by atoms with E-state index in [1.165, 1.54) is 96.6 Å². The molecule has 1 fully saturated rings. The molecular weight excluding hydrogens is 254 g/mol. The van der Waals surface area contributed by atoms with Gasteiger partial charge in [-0.05, 0) is 37.1 Å². The molecular formula is C20H41N. The van der Waals surface area contributed by atoms with Crippen LogP contribution in [-0.4, -0.2) is 13.1 Å². The molecule has 0 amide bonds. The molecule has 0 spiro atoms. The maximum Gasteiger partial charge on any atom is 0.000792 e. The molecule has 0 bridgehead atoms. The number of hydrogen-bond donors (Lipinski definition) is 1. The van der Waals surface area contributed by atoms with Gasteiger partial charge in [0.2, 0.25) is 0 Å². The van der Waals surface area contributed by atoms with Gasteiger partial charge in [0.05, 0.1) is 0 Å². The van der Waals surface area contributed by atoms with E-state index in [4.69, 9.17) is 0 Å². The highest BCUT2D eigenvalue weighted by atomic mass is 14.9. The highest BCUT2D eigenvalue weighted by Gasteiger charge is 2.32. The summed E-state index contributed by atoms with van der Waals surface area (Å²) in [4.78, 5) is 0. The minimum absolute atomic E-state index is 0.664. The summed E-state index contributed by atoms with van der Waals surface area (Å²) in [5.41, 5.74) is 0.664. The molecule has 0 atom stereocenters. The minimum atomic E-state index is 0.664. The van der Waals surface area contributed by atoms with Gasteiger partial charge in [0.25, 0.3) is 0 Å². The molecule has 1 nitrogen and oxygen atoms in total. The Balaban J connectivity index is 2.08. The van der Waals surface area contributed by atoms with Crippen molar-refractivity contribution in [2.75, 3.05) is 13.1 Å². The predicted molar refractivity (Wildman–Crippen MR) is 95.8 cm³/mol. The summed E-state index contributed by atoms with van der Waals surface area (Å²) < 4.78 is 0. The van der Waals surface area contributed by atoms with Crippen LogP contribution < -0.4 is 5.32 Å². The maximum absolute atomic E-state index is 3.74. The van der Waals surface area contributed by atoms with Crippen LogP contribution in [0.4, 0.5) is 0 Å². The number of hydrogen-bond acceptors (Lipinski definition) is 1. The first kappa shape index (κ1) is 19.0. The van der Waals surface area contributed by atoms with Gasteiger partial charge in [-0.3, -0.25) is 0 Å². The Morgan fingerprint density at radius 3 is 2.00 bits per heavy atom. The highest BCUT2D eigenvalue weighted by Crippen LogP contribution is 2.42. The first-order chi connectivity index (χ1) is 10.2. The van der Waals surface area contributed by atoms with Crippen molar-refractivity contribution >= 4 is 0 Å². The Bertz CT molecular complexity index is 228. The summed E-state index contributed by atoms with van der Waals surface area (Å²) in [6, 6.07) is 0. The van der Waals surface area contributed by atoms with Gasteiger partial charge in [-0.2, -0.15) is 0 Å². The Morgan fingerprint density at radius 2 is 1.43 bits per heavy atom. The van der Waals surface area contributed by atoms with Crippen molar-refractivity contribution in [3.8, 4) is 0 Å². The van der Waals surface area contributed by atoms with Crippen LogP contribution in [0.2, 0.25) is 0 Å². The van der Waals surface area contributed by atoms with Crippen molar-refractivity contribution in [3.63, 3.8) is 0 Å². The van der Waals surface area contributed by atoms with E-state index in [-0.39, 0.29) is 0 Å². The summed E-state index contributed by atoms with van der Waals surface area (Å²) in [7, 11) is 0. The van der Waals surface area contributed by atoms with Crippen LogP contribution in [0.1, 0.15) is 104 Å². The Morgan fingerprint density at radius 1 is 0.857 bits per heavy atom. The van der Waals surface area contributed by atoms with E-state index in [1.807, 2.05) is 0 Å². The number of unbranched alkanes of at least 4 members (excludes halogenated alkanes) is 7. The molecule has 1 rings (SSSR count). The lowest BCUT2D eigenvalue weighted by molar-refractivity contribution is 0.244. The molecule has 0 unspecified atom stereocenters. The van der Waals surface area contributed by atoms with E-state index in [2.05, 4.69) is 26.1 Å². The predicted octanol–water partition coefficient (Wildman–Crippen LogP) is 6.32. The lowest BCUT2D eigenvalue weighted by atomic mass is 9.80. The van der Waals surface area contributed by atoms with Crippen molar-refractivity contribution in [1.82, 2.24) is 5.32 Å². The number of nitrogens with one attached hydrogen (secondary N) is 1. The van der Waals surface area contributed by atoms with Gasteiger partial charge in [0.15, 0.2) is 0 Å². The molecule has 0 saturated heterocycles. The van der Waals surface area contributed by atoms with E-state index in [9.17, 15) is 0 Å². The van der Waals surface area contributed by atoms with Crippen LogP contribution in [0.5, 0.6) is 0 Å². The smallest absolute Gasteiger partial charge is 0.000792 e. The normalized spacial score (nSPS) is 17.7. The zero-order valence-corrected chi connectivity index (χ0v) is 15.2. The minimum Gasteiger partial charge on any atom is -0.316 e. The summed E-state index contributed by atoms with van der Waals surface area (Å²) in [5, 5.41) is 3.74. The second-order valence-electron chi connectivity index (χ2n) is 7.96. The highest BCUT2D eigenvalue weighted by molar-refractivity contribution is 4.86. The monoisotopic (exact) mass is 295 g/mol. The van der Waals surface area contributed by atoms with E-state index in [0.717, 1.165) is 5.92 Å². The van der Waals surface area contributed by atoms with Crippen LogP contribution >= 0.6 is 0 Å². The van der Waals surface area contributed by atoms with Gasteiger partial charge >= 0.3 is 0 Å². The SMILES string of the molecule is CCCCCCCCCCC1(CNCC(C)C)CCCC1. The topological polar surface area (TPSA) is 12.0 Å². The lowest BCUT2D eigenvalue weighted by Crippen LogP contribution is -2.34. The second kappa shape index (κ2) is 11.5. The average Bonchev–Trinajstić information content (AvgIpc) is 2.90. The molecule has 0 aromatic heterocycles. The third-order valence-electron chi connectivity index (χ3n) is 5.28. The first-order valence-corrected chi connectivity index (χ1v) is 9.89. The third kappa shape index (κ3) is 8.86. The van der Waals surface area contributed by atoms with Gasteiger partial charge in [0.1, 0.15) is 0 Å². The van der Waals surface area contributed by atoms with Gasteiger partial charge in [-0.25, -0.2) is 0 Å². The van der Waals surface area contributed by atoms with Crippen LogP contribution in [0.25, 0.3) is 0 Å². The first-order valence-electron chi connectivity index (χ1n) is 9.89. The fourth-order valence-electron chi connectivity index (χ4n) is 3.90. The Hall–Kier alpha value is -0.0400. The molecule has 1 heteroatoms. The molecule has 1 N–H and O–H groups in total. The van der Waals surface area contributed by atoms with Crippen molar-refractivity contribution in [1.29, 1.82) is 0 Å². The van der Waals surface area contributed by atoms with E-state index in [1.54, 1.807) is 0 Å².